The number of halogens is 6. The van der Waals surface area contributed by atoms with E-state index in [1.54, 1.807) is 23.1 Å². The van der Waals surface area contributed by atoms with Crippen LogP contribution in [0.2, 0.25) is 0 Å². The number of aromatic nitrogens is 2. The largest absolute Gasteiger partial charge is 0.494 e. The molecule has 0 unspecified atom stereocenters. The molecule has 44 heavy (non-hydrogen) atoms. The van der Waals surface area contributed by atoms with Gasteiger partial charge >= 0.3 is 12.4 Å². The molecule has 234 valence electrons. The Bertz CT molecular complexity index is 1550. The molecule has 2 amide bonds. The van der Waals surface area contributed by atoms with E-state index in [0.717, 1.165) is 11.8 Å². The fourth-order valence-corrected chi connectivity index (χ4v) is 4.27. The van der Waals surface area contributed by atoms with Gasteiger partial charge < -0.3 is 30.5 Å². The van der Waals surface area contributed by atoms with Crippen LogP contribution in [-0.2, 0) is 15.8 Å². The van der Waals surface area contributed by atoms with Crippen molar-refractivity contribution in [2.24, 2.45) is 0 Å². The number of rotatable bonds is 8. The zero-order chi connectivity index (χ0) is 32.2. The van der Waals surface area contributed by atoms with Gasteiger partial charge in [0.25, 0.3) is 5.91 Å². The van der Waals surface area contributed by atoms with Crippen molar-refractivity contribution in [3.63, 3.8) is 0 Å². The van der Waals surface area contributed by atoms with Crippen molar-refractivity contribution in [2.75, 3.05) is 54.1 Å². The summed E-state index contributed by atoms with van der Waals surface area (Å²) in [5.74, 6) is -2.03. The molecule has 0 bridgehead atoms. The molecule has 1 saturated heterocycles. The van der Waals surface area contributed by atoms with E-state index in [-0.39, 0.29) is 23.2 Å². The number of hydrogen-bond donors (Lipinski definition) is 3. The van der Waals surface area contributed by atoms with Crippen molar-refractivity contribution in [3.8, 4) is 5.75 Å². The number of nitrogens with zero attached hydrogens (tertiary/aromatic N) is 4. The molecular formula is C28H27F6N7O3. The minimum absolute atomic E-state index is 0.00105. The summed E-state index contributed by atoms with van der Waals surface area (Å²) in [7, 11) is 1.42. The SMILES string of the molecule is C=C(C(=O)Nc1cccc(Nc2nc(Nc3ccc(N4CCN(C(C)=O)CC4)cc3OC)ncc2C(F)(F)F)c1)C(F)(F)F. The smallest absolute Gasteiger partial charge is 0.421 e. The number of alkyl halides is 6. The number of hydrogen-bond acceptors (Lipinski definition) is 8. The van der Waals surface area contributed by atoms with Crippen LogP contribution < -0.4 is 25.6 Å². The van der Waals surface area contributed by atoms with Gasteiger partial charge in [-0.2, -0.15) is 31.3 Å². The molecule has 10 nitrogen and oxygen atoms in total. The van der Waals surface area contributed by atoms with Crippen LogP contribution in [-0.4, -0.2) is 66.1 Å². The Kier molecular flexibility index (Phi) is 9.20. The third-order valence-corrected chi connectivity index (χ3v) is 6.62. The topological polar surface area (TPSA) is 112 Å². The molecule has 3 N–H and O–H groups in total. The van der Waals surface area contributed by atoms with Crippen molar-refractivity contribution >= 4 is 46.3 Å². The fraction of sp³-hybridized carbons (Fsp3) is 0.286. The number of anilines is 6. The predicted molar refractivity (Wildman–Crippen MR) is 151 cm³/mol. The zero-order valence-corrected chi connectivity index (χ0v) is 23.4. The molecule has 0 radical (unpaired) electrons. The highest BCUT2D eigenvalue weighted by Crippen LogP contribution is 2.37. The van der Waals surface area contributed by atoms with Crippen molar-refractivity contribution in [3.05, 3.63) is 66.4 Å². The first-order valence-electron chi connectivity index (χ1n) is 13.0. The quantitative estimate of drug-likeness (QED) is 0.216. The minimum Gasteiger partial charge on any atom is -0.494 e. The fourth-order valence-electron chi connectivity index (χ4n) is 4.27. The lowest BCUT2D eigenvalue weighted by atomic mass is 10.2. The number of carbonyl (C=O) groups is 2. The first-order chi connectivity index (χ1) is 20.7. The highest BCUT2D eigenvalue weighted by Gasteiger charge is 2.37. The van der Waals surface area contributed by atoms with Gasteiger partial charge in [0.2, 0.25) is 11.9 Å². The summed E-state index contributed by atoms with van der Waals surface area (Å²) < 4.78 is 85.3. The second kappa shape index (κ2) is 12.7. The van der Waals surface area contributed by atoms with Crippen LogP contribution in [0.1, 0.15) is 12.5 Å². The van der Waals surface area contributed by atoms with E-state index in [0.29, 0.717) is 43.8 Å². The Morgan fingerprint density at radius 3 is 2.25 bits per heavy atom. The lowest BCUT2D eigenvalue weighted by Crippen LogP contribution is -2.48. The summed E-state index contributed by atoms with van der Waals surface area (Å²) in [4.78, 5) is 35.1. The molecule has 1 fully saturated rings. The molecule has 1 aromatic heterocycles. The number of nitrogens with one attached hydrogen (secondary N) is 3. The lowest BCUT2D eigenvalue weighted by Gasteiger charge is -2.35. The molecule has 2 aromatic carbocycles. The molecule has 2 heterocycles. The van der Waals surface area contributed by atoms with Crippen LogP contribution in [0.5, 0.6) is 5.75 Å². The number of piperazine rings is 1. The number of methoxy groups -OCH3 is 1. The van der Waals surface area contributed by atoms with E-state index in [4.69, 9.17) is 4.74 Å². The van der Waals surface area contributed by atoms with Crippen molar-refractivity contribution < 1.29 is 40.7 Å². The van der Waals surface area contributed by atoms with Gasteiger partial charge in [0.15, 0.2) is 0 Å². The van der Waals surface area contributed by atoms with E-state index >= 15 is 0 Å². The van der Waals surface area contributed by atoms with Crippen LogP contribution in [0, 0.1) is 0 Å². The maximum Gasteiger partial charge on any atom is 0.421 e. The van der Waals surface area contributed by atoms with Crippen LogP contribution in [0.4, 0.5) is 60.9 Å². The second-order valence-corrected chi connectivity index (χ2v) is 9.59. The van der Waals surface area contributed by atoms with Gasteiger partial charge in [0, 0.05) is 62.4 Å². The van der Waals surface area contributed by atoms with Gasteiger partial charge in [-0.3, -0.25) is 9.59 Å². The van der Waals surface area contributed by atoms with Gasteiger partial charge in [-0.15, -0.1) is 0 Å². The average molecular weight is 624 g/mol. The molecule has 16 heteroatoms. The molecule has 0 aliphatic carbocycles. The summed E-state index contributed by atoms with van der Waals surface area (Å²) in [6, 6.07) is 10.2. The third-order valence-electron chi connectivity index (χ3n) is 6.62. The summed E-state index contributed by atoms with van der Waals surface area (Å²) in [5.41, 5.74) is -1.81. The highest BCUT2D eigenvalue weighted by molar-refractivity contribution is 6.04. The molecule has 0 spiro atoms. The number of amides is 2. The van der Waals surface area contributed by atoms with Crippen LogP contribution in [0.3, 0.4) is 0 Å². The normalized spacial score (nSPS) is 13.7. The Balaban J connectivity index is 1.55. The van der Waals surface area contributed by atoms with E-state index < -0.39 is 35.2 Å². The van der Waals surface area contributed by atoms with E-state index in [2.05, 4.69) is 32.1 Å². The van der Waals surface area contributed by atoms with E-state index in [1.807, 2.05) is 5.32 Å². The molecule has 3 aromatic rings. The van der Waals surface area contributed by atoms with Gasteiger partial charge in [0.1, 0.15) is 22.7 Å². The van der Waals surface area contributed by atoms with Crippen molar-refractivity contribution in [1.29, 1.82) is 0 Å². The maximum atomic E-state index is 13.8. The second-order valence-electron chi connectivity index (χ2n) is 9.59. The predicted octanol–water partition coefficient (Wildman–Crippen LogP) is 5.72. The highest BCUT2D eigenvalue weighted by atomic mass is 19.4. The third kappa shape index (κ3) is 7.67. The first-order valence-corrected chi connectivity index (χ1v) is 13.0. The van der Waals surface area contributed by atoms with Crippen molar-refractivity contribution in [2.45, 2.75) is 19.3 Å². The molecule has 0 saturated carbocycles. The summed E-state index contributed by atoms with van der Waals surface area (Å²) >= 11 is 0. The minimum atomic E-state index is -4.96. The van der Waals surface area contributed by atoms with Gasteiger partial charge in [-0.25, -0.2) is 4.98 Å². The molecule has 1 aliphatic rings. The first kappa shape index (κ1) is 31.9. The summed E-state index contributed by atoms with van der Waals surface area (Å²) in [6.45, 7) is 6.56. The number of benzene rings is 2. The van der Waals surface area contributed by atoms with Crippen LogP contribution in [0.15, 0.2) is 60.8 Å². The summed E-state index contributed by atoms with van der Waals surface area (Å²) in [6.07, 6.45) is -9.24. The van der Waals surface area contributed by atoms with Gasteiger partial charge in [-0.1, -0.05) is 12.6 Å². The van der Waals surface area contributed by atoms with Crippen LogP contribution in [0.25, 0.3) is 0 Å². The Morgan fingerprint density at radius 2 is 1.64 bits per heavy atom. The Labute approximate surface area is 247 Å². The lowest BCUT2D eigenvalue weighted by molar-refractivity contribution is -0.137. The number of ether oxygens (including phenoxy) is 1. The maximum absolute atomic E-state index is 13.8. The van der Waals surface area contributed by atoms with Crippen molar-refractivity contribution in [1.82, 2.24) is 14.9 Å². The molecule has 4 rings (SSSR count). The molecule has 0 atom stereocenters. The number of carbonyl (C=O) groups excluding carboxylic acids is 2. The molecule has 1 aliphatic heterocycles. The standard InChI is InChI=1S/C28H27F6N7O3/c1-16(27(29,30)31)25(43)37-19-6-4-5-18(13-19)36-24-21(28(32,33)34)15-35-26(39-24)38-22-8-7-20(14-23(22)44-3)41-11-9-40(10-12-41)17(2)42/h4-8,13-15H,1,9-12H2,2-3H3,(H,37,43)(H2,35,36,38,39). The van der Waals surface area contributed by atoms with Crippen LogP contribution >= 0.6 is 0 Å². The average Bonchev–Trinajstić information content (AvgIpc) is 2.96. The monoisotopic (exact) mass is 623 g/mol. The zero-order valence-electron chi connectivity index (χ0n) is 23.4. The van der Waals surface area contributed by atoms with E-state index in [1.165, 1.54) is 32.2 Å². The van der Waals surface area contributed by atoms with E-state index in [9.17, 15) is 35.9 Å². The van der Waals surface area contributed by atoms with Gasteiger partial charge in [0.05, 0.1) is 12.8 Å². The Hall–Kier alpha value is -5.02. The van der Waals surface area contributed by atoms with Gasteiger partial charge in [-0.05, 0) is 30.3 Å². The summed E-state index contributed by atoms with van der Waals surface area (Å²) in [5, 5.41) is 7.35. The Morgan fingerprint density at radius 1 is 0.955 bits per heavy atom. The molecular weight excluding hydrogens is 596 g/mol.